The first kappa shape index (κ1) is 18.6. The van der Waals surface area contributed by atoms with Gasteiger partial charge in [0.25, 0.3) is 5.56 Å². The van der Waals surface area contributed by atoms with Crippen LogP contribution < -0.4 is 10.3 Å². The van der Waals surface area contributed by atoms with Crippen LogP contribution >= 0.6 is 0 Å². The molecule has 0 atom stereocenters. The van der Waals surface area contributed by atoms with Gasteiger partial charge in [0.1, 0.15) is 11.3 Å². The number of rotatable bonds is 3. The number of aryl methyl sites for hydroxylation is 3. The van der Waals surface area contributed by atoms with Crippen molar-refractivity contribution in [2.24, 2.45) is 0 Å². The van der Waals surface area contributed by atoms with Crippen molar-refractivity contribution in [1.29, 1.82) is 0 Å². The summed E-state index contributed by atoms with van der Waals surface area (Å²) >= 11 is 0. The van der Waals surface area contributed by atoms with Gasteiger partial charge in [-0.3, -0.25) is 9.36 Å². The molecule has 0 fully saturated rings. The van der Waals surface area contributed by atoms with Crippen molar-refractivity contribution in [1.82, 2.24) is 9.55 Å². The van der Waals surface area contributed by atoms with Gasteiger partial charge >= 0.3 is 5.97 Å². The van der Waals surface area contributed by atoms with Crippen molar-refractivity contribution in [3.63, 3.8) is 0 Å². The second-order valence-corrected chi connectivity index (χ2v) is 6.99. The van der Waals surface area contributed by atoms with Crippen molar-refractivity contribution >= 4 is 16.9 Å². The molecule has 0 unspecified atom stereocenters. The van der Waals surface area contributed by atoms with Gasteiger partial charge in [-0.2, -0.15) is 0 Å². The second kappa shape index (κ2) is 7.36. The highest BCUT2D eigenvalue weighted by Gasteiger charge is 2.16. The topological polar surface area (TPSA) is 61.2 Å². The van der Waals surface area contributed by atoms with Crippen molar-refractivity contribution < 1.29 is 9.53 Å². The summed E-state index contributed by atoms with van der Waals surface area (Å²) in [6.07, 6.45) is 0. The number of fused-ring (bicyclic) bond motifs is 1. The largest absolute Gasteiger partial charge is 0.421 e. The van der Waals surface area contributed by atoms with Crippen molar-refractivity contribution in [2.75, 3.05) is 0 Å². The van der Waals surface area contributed by atoms with Crippen LogP contribution in [-0.2, 0) is 0 Å². The van der Waals surface area contributed by atoms with Crippen LogP contribution in [0, 0.1) is 20.8 Å². The molecule has 0 bridgehead atoms. The number of carbonyl (C=O) groups excluding carboxylic acids is 1. The van der Waals surface area contributed by atoms with Gasteiger partial charge in [0.2, 0.25) is 0 Å². The molecule has 3 aromatic carbocycles. The predicted molar refractivity (Wildman–Crippen MR) is 113 cm³/mol. The summed E-state index contributed by atoms with van der Waals surface area (Å²) in [6, 6.07) is 19.8. The van der Waals surface area contributed by atoms with Gasteiger partial charge in [-0.25, -0.2) is 9.78 Å². The average Bonchev–Trinajstić information content (AvgIpc) is 2.70. The van der Waals surface area contributed by atoms with E-state index >= 15 is 0 Å². The fourth-order valence-electron chi connectivity index (χ4n) is 3.32. The maximum absolute atomic E-state index is 13.2. The van der Waals surface area contributed by atoms with E-state index in [-0.39, 0.29) is 11.3 Å². The van der Waals surface area contributed by atoms with Gasteiger partial charge in [-0.1, -0.05) is 42.0 Å². The highest BCUT2D eigenvalue weighted by molar-refractivity contribution is 5.94. The average molecular weight is 384 g/mol. The number of benzene rings is 3. The number of hydrogen-bond donors (Lipinski definition) is 0. The minimum Gasteiger partial charge on any atom is -0.421 e. The Morgan fingerprint density at radius 2 is 1.62 bits per heavy atom. The van der Waals surface area contributed by atoms with Crippen LogP contribution in [0.1, 0.15) is 27.3 Å². The Kier molecular flexibility index (Phi) is 4.72. The van der Waals surface area contributed by atoms with Crippen molar-refractivity contribution in [3.8, 4) is 11.4 Å². The summed E-state index contributed by atoms with van der Waals surface area (Å²) in [7, 11) is 0. The molecule has 0 aliphatic heterocycles. The number of hydrogen-bond acceptors (Lipinski definition) is 4. The van der Waals surface area contributed by atoms with E-state index in [4.69, 9.17) is 4.74 Å². The number of para-hydroxylation sites is 2. The Labute approximate surface area is 168 Å². The van der Waals surface area contributed by atoms with Crippen LogP contribution in [0.4, 0.5) is 0 Å². The highest BCUT2D eigenvalue weighted by Crippen LogP contribution is 2.24. The summed E-state index contributed by atoms with van der Waals surface area (Å²) in [5.41, 5.74) is 3.43. The predicted octanol–water partition coefficient (Wildman–Crippen LogP) is 4.53. The van der Waals surface area contributed by atoms with Crippen LogP contribution in [0.2, 0.25) is 0 Å². The molecule has 0 N–H and O–H groups in total. The third-order valence-corrected chi connectivity index (χ3v) is 4.88. The first-order chi connectivity index (χ1) is 14.0. The first-order valence-corrected chi connectivity index (χ1v) is 9.33. The molecule has 0 radical (unpaired) electrons. The molecule has 4 aromatic rings. The Morgan fingerprint density at radius 3 is 2.34 bits per heavy atom. The van der Waals surface area contributed by atoms with Crippen LogP contribution in [0.15, 0.2) is 71.5 Å². The molecular formula is C24H20N2O3. The molecule has 144 valence electrons. The summed E-state index contributed by atoms with van der Waals surface area (Å²) < 4.78 is 7.17. The molecule has 1 heterocycles. The van der Waals surface area contributed by atoms with E-state index in [0.717, 1.165) is 16.8 Å². The zero-order valence-corrected chi connectivity index (χ0v) is 16.5. The Morgan fingerprint density at radius 1 is 0.897 bits per heavy atom. The van der Waals surface area contributed by atoms with Crippen molar-refractivity contribution in [2.45, 2.75) is 20.8 Å². The summed E-state index contributed by atoms with van der Waals surface area (Å²) in [5, 5.41) is 0.396. The maximum atomic E-state index is 13.2. The molecule has 0 aliphatic rings. The lowest BCUT2D eigenvalue weighted by molar-refractivity contribution is 0.0736. The van der Waals surface area contributed by atoms with Crippen LogP contribution in [0.5, 0.6) is 5.75 Å². The molecule has 5 heteroatoms. The standard InChI is InChI=1S/C24H20N2O3/c1-15-11-13-18(14-12-15)24(28)29-21-10-6-8-19-22(21)25-17(3)26(23(19)27)20-9-5-4-7-16(20)2/h4-14H,1-3H3. The van der Waals surface area contributed by atoms with E-state index in [1.54, 1.807) is 41.8 Å². The Balaban J connectivity index is 1.82. The minimum atomic E-state index is -0.486. The Hall–Kier alpha value is -3.73. The van der Waals surface area contributed by atoms with Gasteiger partial charge in [-0.05, 0) is 56.7 Å². The fraction of sp³-hybridized carbons (Fsp3) is 0.125. The number of nitrogens with zero attached hydrogens (tertiary/aromatic N) is 2. The SMILES string of the molecule is Cc1ccc(C(=O)Oc2cccc3c(=O)n(-c4ccccc4C)c(C)nc23)cc1. The van der Waals surface area contributed by atoms with Crippen LogP contribution in [0.25, 0.3) is 16.6 Å². The smallest absolute Gasteiger partial charge is 0.343 e. The van der Waals surface area contributed by atoms with Crippen LogP contribution in [0.3, 0.4) is 0 Å². The lowest BCUT2D eigenvalue weighted by Gasteiger charge is -2.14. The molecule has 0 aliphatic carbocycles. The molecular weight excluding hydrogens is 364 g/mol. The van der Waals surface area contributed by atoms with E-state index in [1.807, 2.05) is 50.2 Å². The van der Waals surface area contributed by atoms with E-state index < -0.39 is 5.97 Å². The first-order valence-electron chi connectivity index (χ1n) is 9.33. The molecule has 1 aromatic heterocycles. The van der Waals surface area contributed by atoms with Gasteiger partial charge in [-0.15, -0.1) is 0 Å². The Bertz CT molecular complexity index is 1290. The van der Waals surface area contributed by atoms with E-state index in [2.05, 4.69) is 4.98 Å². The molecule has 4 rings (SSSR count). The molecule has 0 saturated heterocycles. The van der Waals surface area contributed by atoms with Gasteiger partial charge in [0, 0.05) is 0 Å². The monoisotopic (exact) mass is 384 g/mol. The summed E-state index contributed by atoms with van der Waals surface area (Å²) in [5.74, 6) is 0.306. The number of esters is 1. The molecule has 0 amide bonds. The quantitative estimate of drug-likeness (QED) is 0.385. The lowest BCUT2D eigenvalue weighted by Crippen LogP contribution is -2.23. The van der Waals surface area contributed by atoms with E-state index in [0.29, 0.717) is 22.3 Å². The number of aromatic nitrogens is 2. The molecule has 0 saturated carbocycles. The lowest BCUT2D eigenvalue weighted by atomic mass is 10.1. The zero-order valence-electron chi connectivity index (χ0n) is 16.5. The third kappa shape index (κ3) is 3.43. The minimum absolute atomic E-state index is 0.199. The molecule has 0 spiro atoms. The second-order valence-electron chi connectivity index (χ2n) is 6.99. The van der Waals surface area contributed by atoms with E-state index in [9.17, 15) is 9.59 Å². The zero-order chi connectivity index (χ0) is 20.5. The van der Waals surface area contributed by atoms with Crippen molar-refractivity contribution in [3.05, 3.63) is 99.6 Å². The van der Waals surface area contributed by atoms with Gasteiger partial charge in [0.15, 0.2) is 5.75 Å². The maximum Gasteiger partial charge on any atom is 0.343 e. The highest BCUT2D eigenvalue weighted by atomic mass is 16.5. The molecule has 29 heavy (non-hydrogen) atoms. The summed E-state index contributed by atoms with van der Waals surface area (Å²) in [4.78, 5) is 30.4. The number of carbonyl (C=O) groups is 1. The third-order valence-electron chi connectivity index (χ3n) is 4.88. The number of ether oxygens (including phenoxy) is 1. The normalized spacial score (nSPS) is 10.9. The summed E-state index contributed by atoms with van der Waals surface area (Å²) in [6.45, 7) is 5.67. The molecule has 5 nitrogen and oxygen atoms in total. The van der Waals surface area contributed by atoms with Gasteiger partial charge in [0.05, 0.1) is 16.6 Å². The van der Waals surface area contributed by atoms with E-state index in [1.165, 1.54) is 0 Å². The van der Waals surface area contributed by atoms with Gasteiger partial charge < -0.3 is 4.74 Å². The fourth-order valence-corrected chi connectivity index (χ4v) is 3.32. The van der Waals surface area contributed by atoms with Crippen LogP contribution in [-0.4, -0.2) is 15.5 Å².